The summed E-state index contributed by atoms with van der Waals surface area (Å²) in [6.07, 6.45) is 13.5. The van der Waals surface area contributed by atoms with Crippen molar-refractivity contribution in [3.05, 3.63) is 0 Å². The Balaban J connectivity index is 1.70. The Bertz CT molecular complexity index is 473. The quantitative estimate of drug-likeness (QED) is 0.647. The molecular formula is C22H38O. The van der Waals surface area contributed by atoms with Crippen molar-refractivity contribution in [1.82, 2.24) is 0 Å². The minimum atomic E-state index is -0.00725. The third-order valence-corrected chi connectivity index (χ3v) is 10.3. The van der Waals surface area contributed by atoms with Gasteiger partial charge in [-0.05, 0) is 104 Å². The zero-order chi connectivity index (χ0) is 16.5. The van der Waals surface area contributed by atoms with Crippen molar-refractivity contribution in [1.29, 1.82) is 0 Å². The summed E-state index contributed by atoms with van der Waals surface area (Å²) in [4.78, 5) is 0. The van der Waals surface area contributed by atoms with E-state index in [1.165, 1.54) is 51.4 Å². The first kappa shape index (κ1) is 16.4. The second kappa shape index (κ2) is 5.23. The summed E-state index contributed by atoms with van der Waals surface area (Å²) in [5, 5.41) is 10.2. The largest absolute Gasteiger partial charge is 0.393 e. The van der Waals surface area contributed by atoms with Crippen molar-refractivity contribution >= 4 is 0 Å². The molecule has 4 aliphatic rings. The number of hydrogen-bond donors (Lipinski definition) is 1. The predicted octanol–water partition coefficient (Wildman–Crippen LogP) is 5.81. The van der Waals surface area contributed by atoms with Crippen LogP contribution in [0.4, 0.5) is 0 Å². The summed E-state index contributed by atoms with van der Waals surface area (Å²) in [5.74, 6) is 3.63. The fourth-order valence-electron chi connectivity index (χ4n) is 8.45. The Morgan fingerprint density at radius 3 is 2.35 bits per heavy atom. The van der Waals surface area contributed by atoms with E-state index in [0.29, 0.717) is 16.2 Å². The lowest BCUT2D eigenvalue weighted by Gasteiger charge is -2.65. The molecule has 0 aromatic rings. The number of fused-ring (bicyclic) bond motifs is 5. The Hall–Kier alpha value is -0.0400. The van der Waals surface area contributed by atoms with Crippen molar-refractivity contribution in [3.8, 4) is 0 Å². The summed E-state index contributed by atoms with van der Waals surface area (Å²) in [6.45, 7) is 10.3. The van der Waals surface area contributed by atoms with E-state index in [2.05, 4.69) is 27.7 Å². The Labute approximate surface area is 143 Å². The van der Waals surface area contributed by atoms with Crippen LogP contribution in [0.3, 0.4) is 0 Å². The zero-order valence-electron chi connectivity index (χ0n) is 15.9. The summed E-state index contributed by atoms with van der Waals surface area (Å²) in [7, 11) is 0. The molecule has 8 atom stereocenters. The molecule has 0 aromatic heterocycles. The van der Waals surface area contributed by atoms with Crippen LogP contribution in [0, 0.1) is 39.9 Å². The number of hydrogen-bond acceptors (Lipinski definition) is 1. The molecule has 4 aliphatic carbocycles. The lowest BCUT2D eigenvalue weighted by molar-refractivity contribution is -0.169. The molecule has 1 N–H and O–H groups in total. The molecule has 23 heavy (non-hydrogen) atoms. The van der Waals surface area contributed by atoms with E-state index in [0.717, 1.165) is 36.5 Å². The van der Waals surface area contributed by atoms with Crippen molar-refractivity contribution in [3.63, 3.8) is 0 Å². The summed E-state index contributed by atoms with van der Waals surface area (Å²) in [6, 6.07) is 0. The highest BCUT2D eigenvalue weighted by Gasteiger charge is 2.65. The molecule has 0 heterocycles. The molecule has 1 heteroatoms. The number of rotatable bonds is 1. The van der Waals surface area contributed by atoms with Gasteiger partial charge in [-0.2, -0.15) is 0 Å². The third-order valence-electron chi connectivity index (χ3n) is 10.3. The van der Waals surface area contributed by atoms with Gasteiger partial charge in [0.1, 0.15) is 0 Å². The lowest BCUT2D eigenvalue weighted by atomic mass is 9.40. The molecule has 0 bridgehead atoms. The van der Waals surface area contributed by atoms with Crippen LogP contribution in [0.15, 0.2) is 0 Å². The van der Waals surface area contributed by atoms with Gasteiger partial charge in [0, 0.05) is 0 Å². The smallest absolute Gasteiger partial charge is 0.0543 e. The van der Waals surface area contributed by atoms with Gasteiger partial charge in [-0.15, -0.1) is 0 Å². The van der Waals surface area contributed by atoms with Gasteiger partial charge in [0.15, 0.2) is 0 Å². The summed E-state index contributed by atoms with van der Waals surface area (Å²) in [5.41, 5.74) is 1.74. The van der Waals surface area contributed by atoms with E-state index in [1.807, 2.05) is 0 Å². The van der Waals surface area contributed by atoms with E-state index in [1.54, 1.807) is 0 Å². The van der Waals surface area contributed by atoms with E-state index in [-0.39, 0.29) is 6.10 Å². The molecular weight excluding hydrogens is 280 g/mol. The van der Waals surface area contributed by atoms with Crippen LogP contribution in [0.5, 0.6) is 0 Å². The molecule has 0 unspecified atom stereocenters. The minimum Gasteiger partial charge on any atom is -0.393 e. The zero-order valence-corrected chi connectivity index (χ0v) is 15.9. The van der Waals surface area contributed by atoms with Gasteiger partial charge in [-0.25, -0.2) is 0 Å². The Morgan fingerprint density at radius 1 is 0.870 bits per heavy atom. The van der Waals surface area contributed by atoms with Crippen molar-refractivity contribution < 1.29 is 5.11 Å². The van der Waals surface area contributed by atoms with Gasteiger partial charge in [0.05, 0.1) is 6.10 Å². The SMILES string of the molecule is CC[C@]12CC[C@@H](O)C[C@@H]1CC[C@@H]1[C@@H]2CC[C@]2(C)[C@@H](C)CC[C@@]12C. The average Bonchev–Trinajstić information content (AvgIpc) is 2.78. The highest BCUT2D eigenvalue weighted by atomic mass is 16.3. The normalized spacial score (nSPS) is 59.1. The van der Waals surface area contributed by atoms with Crippen molar-refractivity contribution in [2.24, 2.45) is 39.9 Å². The maximum Gasteiger partial charge on any atom is 0.0543 e. The summed E-state index contributed by atoms with van der Waals surface area (Å²) >= 11 is 0. The maximum atomic E-state index is 10.2. The van der Waals surface area contributed by atoms with Gasteiger partial charge >= 0.3 is 0 Å². The highest BCUT2D eigenvalue weighted by Crippen LogP contribution is 2.73. The third kappa shape index (κ3) is 1.95. The molecule has 0 aliphatic heterocycles. The fraction of sp³-hybridized carbons (Fsp3) is 1.00. The second-order valence-corrected chi connectivity index (χ2v) is 10.3. The topological polar surface area (TPSA) is 20.2 Å². The first-order chi connectivity index (χ1) is 10.9. The van der Waals surface area contributed by atoms with E-state index >= 15 is 0 Å². The van der Waals surface area contributed by atoms with E-state index in [4.69, 9.17) is 0 Å². The van der Waals surface area contributed by atoms with Gasteiger partial charge in [0.25, 0.3) is 0 Å². The Morgan fingerprint density at radius 2 is 1.61 bits per heavy atom. The molecule has 4 fully saturated rings. The molecule has 4 saturated carbocycles. The molecule has 4 rings (SSSR count). The van der Waals surface area contributed by atoms with Crippen LogP contribution in [0.1, 0.15) is 91.9 Å². The molecule has 1 nitrogen and oxygen atoms in total. The van der Waals surface area contributed by atoms with Crippen LogP contribution >= 0.6 is 0 Å². The first-order valence-electron chi connectivity index (χ1n) is 10.6. The van der Waals surface area contributed by atoms with Crippen LogP contribution < -0.4 is 0 Å². The molecule has 132 valence electrons. The van der Waals surface area contributed by atoms with E-state index < -0.39 is 0 Å². The Kier molecular flexibility index (Phi) is 3.73. The first-order valence-corrected chi connectivity index (χ1v) is 10.6. The number of aliphatic hydroxyl groups excluding tert-OH is 1. The van der Waals surface area contributed by atoms with Gasteiger partial charge in [-0.3, -0.25) is 0 Å². The van der Waals surface area contributed by atoms with Crippen LogP contribution in [0.2, 0.25) is 0 Å². The summed E-state index contributed by atoms with van der Waals surface area (Å²) < 4.78 is 0. The highest BCUT2D eigenvalue weighted by molar-refractivity contribution is 5.14. The minimum absolute atomic E-state index is 0.00725. The number of aliphatic hydroxyl groups is 1. The molecule has 0 radical (unpaired) electrons. The van der Waals surface area contributed by atoms with Crippen LogP contribution in [0.25, 0.3) is 0 Å². The predicted molar refractivity (Wildman–Crippen MR) is 96.1 cm³/mol. The van der Waals surface area contributed by atoms with Gasteiger partial charge < -0.3 is 5.11 Å². The molecule has 0 saturated heterocycles. The molecule has 0 aromatic carbocycles. The molecule has 0 spiro atoms. The van der Waals surface area contributed by atoms with Crippen molar-refractivity contribution in [2.75, 3.05) is 0 Å². The maximum absolute atomic E-state index is 10.2. The van der Waals surface area contributed by atoms with Gasteiger partial charge in [-0.1, -0.05) is 27.7 Å². The van der Waals surface area contributed by atoms with E-state index in [9.17, 15) is 5.11 Å². The average molecular weight is 319 g/mol. The van der Waals surface area contributed by atoms with Gasteiger partial charge in [0.2, 0.25) is 0 Å². The lowest BCUT2D eigenvalue weighted by Crippen LogP contribution is -2.58. The van der Waals surface area contributed by atoms with Crippen molar-refractivity contribution in [2.45, 2.75) is 98.0 Å². The molecule has 0 amide bonds. The van der Waals surface area contributed by atoms with Crippen LogP contribution in [-0.2, 0) is 0 Å². The second-order valence-electron chi connectivity index (χ2n) is 10.3. The monoisotopic (exact) mass is 318 g/mol. The van der Waals surface area contributed by atoms with Crippen LogP contribution in [-0.4, -0.2) is 11.2 Å². The standard InChI is InChI=1S/C22H38O/c1-5-22-13-9-17(23)14-16(22)6-7-18-19(22)10-12-20(3)15(2)8-11-21(18,20)4/h15-19,23H,5-14H2,1-4H3/t15-,16-,17+,18+,19-,20+,21-,22-/m0/s1. The fourth-order valence-corrected chi connectivity index (χ4v) is 8.45.